The van der Waals surface area contributed by atoms with E-state index in [4.69, 9.17) is 28.3 Å². The smallest absolute Gasteiger partial charge is 0.328 e. The number of anilines is 1. The van der Waals surface area contributed by atoms with E-state index in [0.29, 0.717) is 0 Å². The molecule has 0 bridgehead atoms. The lowest BCUT2D eigenvalue weighted by molar-refractivity contribution is -0.140. The molecular formula is C13H11Cl2N3O3. The molecule has 21 heavy (non-hydrogen) atoms. The summed E-state index contributed by atoms with van der Waals surface area (Å²) >= 11 is 11.9. The predicted octanol–water partition coefficient (Wildman–Crippen LogP) is 3.09. The number of benzene rings is 1. The van der Waals surface area contributed by atoms with Gasteiger partial charge in [0.2, 0.25) is 0 Å². The van der Waals surface area contributed by atoms with Gasteiger partial charge < -0.3 is 10.4 Å². The summed E-state index contributed by atoms with van der Waals surface area (Å²) in [4.78, 5) is 23.2. The number of rotatable bonds is 4. The number of aromatic nitrogens is 2. The zero-order valence-electron chi connectivity index (χ0n) is 10.9. The van der Waals surface area contributed by atoms with Crippen LogP contribution in [0.1, 0.15) is 23.5 Å². The molecule has 1 heterocycles. The van der Waals surface area contributed by atoms with E-state index in [1.165, 1.54) is 19.2 Å². The van der Waals surface area contributed by atoms with Gasteiger partial charge in [-0.1, -0.05) is 29.3 Å². The first-order valence-electron chi connectivity index (χ1n) is 5.93. The largest absolute Gasteiger partial charge is 0.480 e. The first kappa shape index (κ1) is 15.3. The zero-order chi connectivity index (χ0) is 15.6. The molecule has 2 aromatic rings. The van der Waals surface area contributed by atoms with Gasteiger partial charge in [0.25, 0.3) is 5.91 Å². The van der Waals surface area contributed by atoms with Crippen molar-refractivity contribution < 1.29 is 14.7 Å². The van der Waals surface area contributed by atoms with Crippen LogP contribution in [0.4, 0.5) is 5.69 Å². The first-order chi connectivity index (χ1) is 9.91. The standard InChI is InChI=1S/C13H11Cl2N3O3/c1-7(13(20)21)18-10(5-6-16-18)12(19)17-11-8(14)3-2-4-9(11)15/h2-7H,1H3,(H,17,19)(H,20,21). The highest BCUT2D eigenvalue weighted by Gasteiger charge is 2.22. The number of halogens is 2. The van der Waals surface area contributed by atoms with Crippen molar-refractivity contribution in [2.45, 2.75) is 13.0 Å². The van der Waals surface area contributed by atoms with E-state index in [2.05, 4.69) is 10.4 Å². The Morgan fingerprint density at radius 2 is 1.90 bits per heavy atom. The molecule has 0 radical (unpaired) electrons. The molecule has 1 aromatic carbocycles. The number of amides is 1. The molecule has 0 aliphatic heterocycles. The second-order valence-corrected chi connectivity index (χ2v) is 5.04. The summed E-state index contributed by atoms with van der Waals surface area (Å²) < 4.78 is 1.11. The van der Waals surface area contributed by atoms with Gasteiger partial charge in [-0.25, -0.2) is 9.48 Å². The Balaban J connectivity index is 2.30. The number of carboxylic acid groups (broad SMARTS) is 1. The van der Waals surface area contributed by atoms with E-state index < -0.39 is 17.9 Å². The van der Waals surface area contributed by atoms with Crippen LogP contribution in [0.5, 0.6) is 0 Å². The van der Waals surface area contributed by atoms with Crippen molar-refractivity contribution in [2.24, 2.45) is 0 Å². The van der Waals surface area contributed by atoms with Gasteiger partial charge in [0.1, 0.15) is 11.7 Å². The number of carbonyl (C=O) groups is 2. The summed E-state index contributed by atoms with van der Waals surface area (Å²) in [6.07, 6.45) is 1.35. The van der Waals surface area contributed by atoms with Crippen LogP contribution in [0, 0.1) is 0 Å². The third kappa shape index (κ3) is 3.17. The van der Waals surface area contributed by atoms with Crippen LogP contribution in [-0.4, -0.2) is 26.8 Å². The van der Waals surface area contributed by atoms with Crippen molar-refractivity contribution in [2.75, 3.05) is 5.32 Å². The Kier molecular flexibility index (Phi) is 4.50. The van der Waals surface area contributed by atoms with Crippen molar-refractivity contribution in [3.05, 3.63) is 46.2 Å². The van der Waals surface area contributed by atoms with Crippen LogP contribution < -0.4 is 5.32 Å². The normalized spacial score (nSPS) is 12.0. The maximum absolute atomic E-state index is 12.2. The van der Waals surface area contributed by atoms with Crippen LogP contribution in [0.25, 0.3) is 0 Å². The Morgan fingerprint density at radius 3 is 2.48 bits per heavy atom. The maximum atomic E-state index is 12.2. The van der Waals surface area contributed by atoms with Crippen molar-refractivity contribution in [3.8, 4) is 0 Å². The van der Waals surface area contributed by atoms with Crippen LogP contribution in [0.3, 0.4) is 0 Å². The fourth-order valence-electron chi connectivity index (χ4n) is 1.70. The Labute approximate surface area is 130 Å². The van der Waals surface area contributed by atoms with Crippen LogP contribution in [0.15, 0.2) is 30.5 Å². The summed E-state index contributed by atoms with van der Waals surface area (Å²) in [7, 11) is 0. The predicted molar refractivity (Wildman–Crippen MR) is 79.0 cm³/mol. The van der Waals surface area contributed by atoms with E-state index >= 15 is 0 Å². The average molecular weight is 328 g/mol. The maximum Gasteiger partial charge on any atom is 0.328 e. The van der Waals surface area contributed by atoms with Gasteiger partial charge in [0.15, 0.2) is 0 Å². The molecule has 1 atom stereocenters. The van der Waals surface area contributed by atoms with Gasteiger partial charge in [-0.2, -0.15) is 5.10 Å². The van der Waals surface area contributed by atoms with E-state index in [0.717, 1.165) is 4.68 Å². The average Bonchev–Trinajstić information content (AvgIpc) is 2.91. The van der Waals surface area contributed by atoms with E-state index in [1.807, 2.05) is 0 Å². The number of carboxylic acids is 1. The SMILES string of the molecule is CC(C(=O)O)n1nccc1C(=O)Nc1c(Cl)cccc1Cl. The highest BCUT2D eigenvalue weighted by atomic mass is 35.5. The number of hydrogen-bond acceptors (Lipinski definition) is 3. The third-order valence-electron chi connectivity index (χ3n) is 2.83. The molecule has 0 spiro atoms. The number of aliphatic carboxylic acids is 1. The Hall–Kier alpha value is -2.05. The summed E-state index contributed by atoms with van der Waals surface area (Å²) in [5.74, 6) is -1.64. The van der Waals surface area contributed by atoms with Gasteiger partial charge in [-0.15, -0.1) is 0 Å². The number of nitrogens with one attached hydrogen (secondary N) is 1. The Morgan fingerprint density at radius 1 is 1.29 bits per heavy atom. The van der Waals surface area contributed by atoms with Gasteiger partial charge in [0, 0.05) is 6.20 Å². The van der Waals surface area contributed by atoms with Gasteiger partial charge >= 0.3 is 5.97 Å². The molecule has 8 heteroatoms. The minimum atomic E-state index is -1.09. The fourth-order valence-corrected chi connectivity index (χ4v) is 2.19. The lowest BCUT2D eigenvalue weighted by Crippen LogP contribution is -2.24. The minimum Gasteiger partial charge on any atom is -0.480 e. The molecule has 1 aromatic heterocycles. The van der Waals surface area contributed by atoms with E-state index in [-0.39, 0.29) is 21.4 Å². The van der Waals surface area contributed by atoms with Gasteiger partial charge in [0.05, 0.1) is 15.7 Å². The second kappa shape index (κ2) is 6.15. The van der Waals surface area contributed by atoms with Crippen molar-refractivity contribution in [1.82, 2.24) is 9.78 Å². The molecule has 1 unspecified atom stereocenters. The number of para-hydroxylation sites is 1. The number of nitrogens with zero attached hydrogens (tertiary/aromatic N) is 2. The van der Waals surface area contributed by atoms with Gasteiger partial charge in [-0.05, 0) is 25.1 Å². The molecule has 0 aliphatic carbocycles. The van der Waals surface area contributed by atoms with Gasteiger partial charge in [-0.3, -0.25) is 4.79 Å². The fraction of sp³-hybridized carbons (Fsp3) is 0.154. The van der Waals surface area contributed by atoms with Crippen LogP contribution in [-0.2, 0) is 4.79 Å². The topological polar surface area (TPSA) is 84.2 Å². The molecule has 2 N–H and O–H groups in total. The van der Waals surface area contributed by atoms with Crippen LogP contribution in [0.2, 0.25) is 10.0 Å². The van der Waals surface area contributed by atoms with E-state index in [1.54, 1.807) is 18.2 Å². The molecular weight excluding hydrogens is 317 g/mol. The molecule has 1 amide bonds. The molecule has 0 saturated carbocycles. The van der Waals surface area contributed by atoms with Crippen LogP contribution >= 0.6 is 23.2 Å². The monoisotopic (exact) mass is 327 g/mol. The quantitative estimate of drug-likeness (QED) is 0.903. The number of hydrogen-bond donors (Lipinski definition) is 2. The summed E-state index contributed by atoms with van der Waals surface area (Å²) in [6.45, 7) is 1.43. The third-order valence-corrected chi connectivity index (χ3v) is 3.46. The molecule has 6 nitrogen and oxygen atoms in total. The highest BCUT2D eigenvalue weighted by Crippen LogP contribution is 2.30. The summed E-state index contributed by atoms with van der Waals surface area (Å²) in [5, 5.41) is 16.0. The minimum absolute atomic E-state index is 0.0980. The number of carbonyl (C=O) groups excluding carboxylic acids is 1. The summed E-state index contributed by atoms with van der Waals surface area (Å²) in [5.41, 5.74) is 0.363. The zero-order valence-corrected chi connectivity index (χ0v) is 12.4. The van der Waals surface area contributed by atoms with E-state index in [9.17, 15) is 9.59 Å². The molecule has 0 saturated heterocycles. The second-order valence-electron chi connectivity index (χ2n) is 4.23. The van der Waals surface area contributed by atoms with Crippen molar-refractivity contribution >= 4 is 40.8 Å². The van der Waals surface area contributed by atoms with Crippen molar-refractivity contribution in [1.29, 1.82) is 0 Å². The first-order valence-corrected chi connectivity index (χ1v) is 6.69. The molecule has 110 valence electrons. The van der Waals surface area contributed by atoms with Crippen molar-refractivity contribution in [3.63, 3.8) is 0 Å². The Bertz CT molecular complexity index is 679. The lowest BCUT2D eigenvalue weighted by atomic mass is 10.3. The molecule has 0 fully saturated rings. The molecule has 2 rings (SSSR count). The highest BCUT2D eigenvalue weighted by molar-refractivity contribution is 6.40. The summed E-state index contributed by atoms with van der Waals surface area (Å²) in [6, 6.07) is 5.26. The molecule has 0 aliphatic rings. The lowest BCUT2D eigenvalue weighted by Gasteiger charge is -2.13.